The highest BCUT2D eigenvalue weighted by molar-refractivity contribution is 4.80. The Labute approximate surface area is 100 Å². The van der Waals surface area contributed by atoms with Crippen LogP contribution in [0.4, 0.5) is 0 Å². The molecule has 1 saturated heterocycles. The van der Waals surface area contributed by atoms with Crippen molar-refractivity contribution in [3.05, 3.63) is 0 Å². The van der Waals surface area contributed by atoms with Crippen molar-refractivity contribution in [3.8, 4) is 0 Å². The molecule has 0 saturated carbocycles. The monoisotopic (exact) mass is 228 g/mol. The Hall–Kier alpha value is -0.120. The van der Waals surface area contributed by atoms with Crippen LogP contribution >= 0.6 is 0 Å². The number of rotatable bonds is 6. The van der Waals surface area contributed by atoms with Crippen molar-refractivity contribution in [3.63, 3.8) is 0 Å². The van der Waals surface area contributed by atoms with Crippen molar-refractivity contribution >= 4 is 0 Å². The van der Waals surface area contributed by atoms with Crippen molar-refractivity contribution in [1.82, 2.24) is 10.2 Å². The van der Waals surface area contributed by atoms with E-state index in [1.807, 2.05) is 0 Å². The van der Waals surface area contributed by atoms with Gasteiger partial charge in [0.15, 0.2) is 0 Å². The lowest BCUT2D eigenvalue weighted by atomic mass is 10.0. The van der Waals surface area contributed by atoms with Crippen LogP contribution in [0, 0.1) is 5.92 Å². The summed E-state index contributed by atoms with van der Waals surface area (Å²) in [6, 6.07) is 0.905. The number of piperidine rings is 1. The van der Waals surface area contributed by atoms with E-state index >= 15 is 0 Å². The summed E-state index contributed by atoms with van der Waals surface area (Å²) in [6.45, 7) is 10.6. The molecule has 0 amide bonds. The van der Waals surface area contributed by atoms with Crippen LogP contribution in [0.25, 0.3) is 0 Å². The molecule has 0 aromatic carbocycles. The molecule has 1 aliphatic rings. The first-order valence-electron chi connectivity index (χ1n) is 6.75. The Kier molecular flexibility index (Phi) is 6.32. The minimum atomic E-state index is 0.267. The van der Waals surface area contributed by atoms with Gasteiger partial charge in [0, 0.05) is 18.6 Å². The second kappa shape index (κ2) is 7.25. The largest absolute Gasteiger partial charge is 0.395 e. The van der Waals surface area contributed by atoms with Crippen molar-refractivity contribution in [1.29, 1.82) is 0 Å². The predicted molar refractivity (Wildman–Crippen MR) is 68.6 cm³/mol. The quantitative estimate of drug-likeness (QED) is 0.722. The molecule has 16 heavy (non-hydrogen) atoms. The maximum absolute atomic E-state index is 9.15. The van der Waals surface area contributed by atoms with Crippen molar-refractivity contribution < 1.29 is 5.11 Å². The van der Waals surface area contributed by atoms with Crippen LogP contribution in [0.1, 0.15) is 40.0 Å². The molecule has 1 aliphatic heterocycles. The lowest BCUT2D eigenvalue weighted by molar-refractivity contribution is 0.159. The van der Waals surface area contributed by atoms with Crippen molar-refractivity contribution in [2.45, 2.75) is 52.1 Å². The molecule has 1 atom stereocenters. The zero-order valence-electron chi connectivity index (χ0n) is 11.1. The molecule has 1 fully saturated rings. The van der Waals surface area contributed by atoms with Crippen LogP contribution in [0.2, 0.25) is 0 Å². The summed E-state index contributed by atoms with van der Waals surface area (Å²) in [5.41, 5.74) is 0. The van der Waals surface area contributed by atoms with Gasteiger partial charge in [-0.1, -0.05) is 20.8 Å². The normalized spacial score (nSPS) is 21.6. The summed E-state index contributed by atoms with van der Waals surface area (Å²) in [6.07, 6.45) is 3.47. The predicted octanol–water partition coefficient (Wildman–Crippen LogP) is 1.47. The number of hydrogen-bond acceptors (Lipinski definition) is 3. The molecule has 0 spiro atoms. The van der Waals surface area contributed by atoms with E-state index in [2.05, 4.69) is 31.0 Å². The van der Waals surface area contributed by atoms with E-state index in [9.17, 15) is 0 Å². The Morgan fingerprint density at radius 2 is 1.94 bits per heavy atom. The number of nitrogens with one attached hydrogen (secondary N) is 1. The van der Waals surface area contributed by atoms with Crippen molar-refractivity contribution in [2.24, 2.45) is 5.92 Å². The molecular weight excluding hydrogens is 200 g/mol. The van der Waals surface area contributed by atoms with Gasteiger partial charge in [0.25, 0.3) is 0 Å². The van der Waals surface area contributed by atoms with Crippen LogP contribution in [0.5, 0.6) is 0 Å². The summed E-state index contributed by atoms with van der Waals surface area (Å²) in [5.74, 6) is 0.769. The van der Waals surface area contributed by atoms with Gasteiger partial charge >= 0.3 is 0 Å². The third-order valence-corrected chi connectivity index (χ3v) is 3.40. The number of likely N-dealkylation sites (tertiary alicyclic amines) is 1. The van der Waals surface area contributed by atoms with E-state index in [1.54, 1.807) is 0 Å². The number of hydrogen-bond donors (Lipinski definition) is 2. The third kappa shape index (κ3) is 4.81. The van der Waals surface area contributed by atoms with Gasteiger partial charge in [0.2, 0.25) is 0 Å². The van der Waals surface area contributed by atoms with Gasteiger partial charge in [-0.15, -0.1) is 0 Å². The molecular formula is C13H28N2O. The Bertz CT molecular complexity index is 173. The molecule has 1 unspecified atom stereocenters. The second-order valence-corrected chi connectivity index (χ2v) is 5.42. The zero-order valence-corrected chi connectivity index (χ0v) is 11.1. The van der Waals surface area contributed by atoms with E-state index in [-0.39, 0.29) is 6.61 Å². The smallest absolute Gasteiger partial charge is 0.0584 e. The molecule has 3 heteroatoms. The maximum atomic E-state index is 9.15. The molecule has 2 N–H and O–H groups in total. The second-order valence-electron chi connectivity index (χ2n) is 5.42. The molecule has 96 valence electrons. The minimum absolute atomic E-state index is 0.267. The topological polar surface area (TPSA) is 35.5 Å². The summed E-state index contributed by atoms with van der Waals surface area (Å²) in [7, 11) is 0. The van der Waals surface area contributed by atoms with E-state index < -0.39 is 0 Å². The molecule has 1 rings (SSSR count). The van der Waals surface area contributed by atoms with Crippen LogP contribution in [0.15, 0.2) is 0 Å². The van der Waals surface area contributed by atoms with Crippen LogP contribution in [0.3, 0.4) is 0 Å². The van der Waals surface area contributed by atoms with E-state index in [1.165, 1.54) is 32.5 Å². The fourth-order valence-corrected chi connectivity index (χ4v) is 2.43. The van der Waals surface area contributed by atoms with Crippen LogP contribution in [-0.2, 0) is 0 Å². The Balaban J connectivity index is 2.21. The summed E-state index contributed by atoms with van der Waals surface area (Å²) in [5, 5.41) is 12.7. The first-order chi connectivity index (χ1) is 7.65. The highest BCUT2D eigenvalue weighted by Gasteiger charge is 2.20. The van der Waals surface area contributed by atoms with Gasteiger partial charge in [0.1, 0.15) is 0 Å². The minimum Gasteiger partial charge on any atom is -0.395 e. The summed E-state index contributed by atoms with van der Waals surface area (Å²) >= 11 is 0. The highest BCUT2D eigenvalue weighted by Crippen LogP contribution is 2.13. The molecule has 3 nitrogen and oxygen atoms in total. The fourth-order valence-electron chi connectivity index (χ4n) is 2.43. The van der Waals surface area contributed by atoms with Gasteiger partial charge in [0.05, 0.1) is 6.61 Å². The third-order valence-electron chi connectivity index (χ3n) is 3.40. The molecule has 0 aliphatic carbocycles. The van der Waals surface area contributed by atoms with E-state index in [0.717, 1.165) is 12.3 Å². The highest BCUT2D eigenvalue weighted by atomic mass is 16.3. The number of aliphatic hydroxyl groups excluding tert-OH is 1. The summed E-state index contributed by atoms with van der Waals surface area (Å²) < 4.78 is 0. The first kappa shape index (κ1) is 13.9. The van der Waals surface area contributed by atoms with Crippen molar-refractivity contribution in [2.75, 3.05) is 26.2 Å². The molecule has 0 radical (unpaired) electrons. The average molecular weight is 228 g/mol. The average Bonchev–Trinajstić information content (AvgIpc) is 2.27. The molecule has 0 bridgehead atoms. The SMILES string of the molecule is CCC(CO)NC1CCN(CC(C)C)CC1. The summed E-state index contributed by atoms with van der Waals surface area (Å²) in [4.78, 5) is 2.56. The van der Waals surface area contributed by atoms with Crippen LogP contribution in [-0.4, -0.2) is 48.3 Å². The standard InChI is InChI=1S/C13H28N2O/c1-4-12(10-16)14-13-5-7-15(8-6-13)9-11(2)3/h11-14,16H,4-10H2,1-3H3. The molecule has 0 aromatic rings. The zero-order chi connectivity index (χ0) is 12.0. The van der Waals surface area contributed by atoms with Gasteiger partial charge < -0.3 is 15.3 Å². The molecule has 0 aromatic heterocycles. The Morgan fingerprint density at radius 1 is 1.31 bits per heavy atom. The number of aliphatic hydroxyl groups is 1. The molecule has 1 heterocycles. The van der Waals surface area contributed by atoms with Gasteiger partial charge in [-0.25, -0.2) is 0 Å². The lowest BCUT2D eigenvalue weighted by Gasteiger charge is -2.34. The fraction of sp³-hybridized carbons (Fsp3) is 1.00. The lowest BCUT2D eigenvalue weighted by Crippen LogP contribution is -2.47. The maximum Gasteiger partial charge on any atom is 0.0584 e. The first-order valence-corrected chi connectivity index (χ1v) is 6.75. The van der Waals surface area contributed by atoms with E-state index in [4.69, 9.17) is 5.11 Å². The van der Waals surface area contributed by atoms with E-state index in [0.29, 0.717) is 12.1 Å². The van der Waals surface area contributed by atoms with Gasteiger partial charge in [-0.05, 0) is 38.3 Å². The van der Waals surface area contributed by atoms with Gasteiger partial charge in [-0.3, -0.25) is 0 Å². The Morgan fingerprint density at radius 3 is 2.38 bits per heavy atom. The van der Waals surface area contributed by atoms with Crippen LogP contribution < -0.4 is 5.32 Å². The van der Waals surface area contributed by atoms with Gasteiger partial charge in [-0.2, -0.15) is 0 Å². The number of nitrogens with zero attached hydrogens (tertiary/aromatic N) is 1.